The topological polar surface area (TPSA) is 67.4 Å². The maximum atomic E-state index is 12.7. The van der Waals surface area contributed by atoms with Crippen molar-refractivity contribution in [2.45, 2.75) is 19.9 Å². The first-order valence-electron chi connectivity index (χ1n) is 9.30. The molecule has 0 aliphatic carbocycles. The number of hydrogen-bond acceptors (Lipinski definition) is 3. The van der Waals surface area contributed by atoms with E-state index in [1.54, 1.807) is 12.1 Å². The fraction of sp³-hybridized carbons (Fsp3) is 0.217. The van der Waals surface area contributed by atoms with Gasteiger partial charge in [-0.1, -0.05) is 62.4 Å². The number of para-hydroxylation sites is 1. The van der Waals surface area contributed by atoms with Gasteiger partial charge in [0.05, 0.1) is 0 Å². The Morgan fingerprint density at radius 3 is 2.29 bits per heavy atom. The lowest BCUT2D eigenvalue weighted by Gasteiger charge is -2.22. The van der Waals surface area contributed by atoms with E-state index in [9.17, 15) is 9.59 Å². The summed E-state index contributed by atoms with van der Waals surface area (Å²) in [6.45, 7) is 3.64. The summed E-state index contributed by atoms with van der Waals surface area (Å²) in [6, 6.07) is 22.1. The standard InChI is InChI=1S/C23H24N2O3/c1-16(2)22(25-21(26)15-28-20-10-4-3-5-11-20)23(27)24-19-13-12-17-8-6-7-9-18(17)14-19/h3-14,16,22H,15H2,1-2H3,(H,24,27)(H,25,26)/t22-/m0/s1. The quantitative estimate of drug-likeness (QED) is 0.655. The fourth-order valence-electron chi connectivity index (χ4n) is 2.90. The van der Waals surface area contributed by atoms with Crippen molar-refractivity contribution in [1.29, 1.82) is 0 Å². The SMILES string of the molecule is CC(C)[C@H](NC(=O)COc1ccccc1)C(=O)Nc1ccc2ccccc2c1. The highest BCUT2D eigenvalue weighted by Crippen LogP contribution is 2.19. The molecule has 3 rings (SSSR count). The van der Waals surface area contributed by atoms with Crippen LogP contribution in [0.2, 0.25) is 0 Å². The van der Waals surface area contributed by atoms with Gasteiger partial charge in [-0.3, -0.25) is 9.59 Å². The summed E-state index contributed by atoms with van der Waals surface area (Å²) in [6.07, 6.45) is 0. The van der Waals surface area contributed by atoms with Crippen molar-refractivity contribution in [3.05, 3.63) is 72.8 Å². The second-order valence-corrected chi connectivity index (χ2v) is 6.94. The van der Waals surface area contributed by atoms with Crippen LogP contribution in [0.25, 0.3) is 10.8 Å². The van der Waals surface area contributed by atoms with Crippen LogP contribution in [0.4, 0.5) is 5.69 Å². The normalized spacial score (nSPS) is 11.8. The Balaban J connectivity index is 1.61. The summed E-state index contributed by atoms with van der Waals surface area (Å²) in [7, 11) is 0. The summed E-state index contributed by atoms with van der Waals surface area (Å²) < 4.78 is 5.45. The van der Waals surface area contributed by atoms with Crippen LogP contribution in [0.15, 0.2) is 72.8 Å². The molecule has 0 radical (unpaired) electrons. The first-order valence-corrected chi connectivity index (χ1v) is 9.30. The van der Waals surface area contributed by atoms with Gasteiger partial charge in [0.1, 0.15) is 11.8 Å². The van der Waals surface area contributed by atoms with Gasteiger partial charge < -0.3 is 15.4 Å². The lowest BCUT2D eigenvalue weighted by molar-refractivity contribution is -0.128. The van der Waals surface area contributed by atoms with Crippen LogP contribution in [0, 0.1) is 5.92 Å². The summed E-state index contributed by atoms with van der Waals surface area (Å²) >= 11 is 0. The molecule has 1 atom stereocenters. The molecule has 0 unspecified atom stereocenters. The van der Waals surface area contributed by atoms with Crippen molar-refractivity contribution in [2.24, 2.45) is 5.92 Å². The van der Waals surface area contributed by atoms with Gasteiger partial charge >= 0.3 is 0 Å². The molecule has 0 saturated carbocycles. The molecule has 0 bridgehead atoms. The molecule has 5 heteroatoms. The second-order valence-electron chi connectivity index (χ2n) is 6.94. The van der Waals surface area contributed by atoms with Crippen molar-refractivity contribution >= 4 is 28.3 Å². The minimum absolute atomic E-state index is 0.0684. The molecule has 0 aliphatic heterocycles. The summed E-state index contributed by atoms with van der Waals surface area (Å²) in [4.78, 5) is 25.0. The van der Waals surface area contributed by atoms with E-state index < -0.39 is 6.04 Å². The third-order valence-corrected chi connectivity index (χ3v) is 4.40. The van der Waals surface area contributed by atoms with Crippen LogP contribution in [-0.4, -0.2) is 24.5 Å². The van der Waals surface area contributed by atoms with Crippen LogP contribution in [0.1, 0.15) is 13.8 Å². The maximum absolute atomic E-state index is 12.7. The number of ether oxygens (including phenoxy) is 1. The largest absolute Gasteiger partial charge is 0.484 e. The molecule has 0 aliphatic rings. The van der Waals surface area contributed by atoms with Crippen LogP contribution >= 0.6 is 0 Å². The number of anilines is 1. The fourth-order valence-corrected chi connectivity index (χ4v) is 2.90. The van der Waals surface area contributed by atoms with E-state index >= 15 is 0 Å². The summed E-state index contributed by atoms with van der Waals surface area (Å²) in [5.41, 5.74) is 0.698. The molecule has 28 heavy (non-hydrogen) atoms. The molecular weight excluding hydrogens is 352 g/mol. The zero-order valence-corrected chi connectivity index (χ0v) is 16.0. The van der Waals surface area contributed by atoms with Crippen LogP contribution in [-0.2, 0) is 9.59 Å². The third-order valence-electron chi connectivity index (χ3n) is 4.40. The number of rotatable bonds is 7. The molecule has 3 aromatic carbocycles. The molecule has 0 fully saturated rings. The van der Waals surface area contributed by atoms with Crippen molar-refractivity contribution in [3.63, 3.8) is 0 Å². The first-order chi connectivity index (χ1) is 13.5. The molecule has 3 aromatic rings. The van der Waals surface area contributed by atoms with E-state index in [0.717, 1.165) is 10.8 Å². The lowest BCUT2D eigenvalue weighted by Crippen LogP contribution is -2.48. The van der Waals surface area contributed by atoms with Crippen LogP contribution < -0.4 is 15.4 Å². The number of hydrogen-bond donors (Lipinski definition) is 2. The number of carbonyl (C=O) groups is 2. The molecule has 5 nitrogen and oxygen atoms in total. The van der Waals surface area contributed by atoms with E-state index in [0.29, 0.717) is 11.4 Å². The highest BCUT2D eigenvalue weighted by molar-refractivity contribution is 5.99. The van der Waals surface area contributed by atoms with Crippen molar-refractivity contribution in [1.82, 2.24) is 5.32 Å². The predicted octanol–water partition coefficient (Wildman–Crippen LogP) is 4.00. The minimum atomic E-state index is -0.654. The van der Waals surface area contributed by atoms with E-state index in [2.05, 4.69) is 10.6 Å². The Labute approximate surface area is 164 Å². The lowest BCUT2D eigenvalue weighted by atomic mass is 10.0. The first kappa shape index (κ1) is 19.4. The molecule has 0 heterocycles. The Hall–Kier alpha value is -3.34. The van der Waals surface area contributed by atoms with Gasteiger partial charge in [0.25, 0.3) is 5.91 Å². The zero-order valence-electron chi connectivity index (χ0n) is 16.0. The molecule has 0 saturated heterocycles. The Bertz CT molecular complexity index is 954. The van der Waals surface area contributed by atoms with Crippen molar-refractivity contribution < 1.29 is 14.3 Å². The van der Waals surface area contributed by atoms with Gasteiger partial charge in [-0.15, -0.1) is 0 Å². The van der Waals surface area contributed by atoms with E-state index in [1.807, 2.05) is 74.5 Å². The van der Waals surface area contributed by atoms with Gasteiger partial charge in [0, 0.05) is 5.69 Å². The number of benzene rings is 3. The number of amides is 2. The average molecular weight is 376 g/mol. The van der Waals surface area contributed by atoms with Gasteiger partial charge in [-0.05, 0) is 41.0 Å². The Morgan fingerprint density at radius 2 is 1.57 bits per heavy atom. The number of fused-ring (bicyclic) bond motifs is 1. The molecule has 0 spiro atoms. The predicted molar refractivity (Wildman–Crippen MR) is 111 cm³/mol. The van der Waals surface area contributed by atoms with Gasteiger partial charge in [0.2, 0.25) is 5.91 Å². The average Bonchev–Trinajstić information content (AvgIpc) is 2.71. The summed E-state index contributed by atoms with van der Waals surface area (Å²) in [5, 5.41) is 7.82. The molecule has 2 N–H and O–H groups in total. The van der Waals surface area contributed by atoms with Crippen molar-refractivity contribution in [3.8, 4) is 5.75 Å². The maximum Gasteiger partial charge on any atom is 0.258 e. The highest BCUT2D eigenvalue weighted by Gasteiger charge is 2.24. The van der Waals surface area contributed by atoms with E-state index in [1.165, 1.54) is 0 Å². The number of nitrogens with one attached hydrogen (secondary N) is 2. The summed E-state index contributed by atoms with van der Waals surface area (Å²) in [5.74, 6) is -0.0462. The van der Waals surface area contributed by atoms with Gasteiger partial charge in [-0.2, -0.15) is 0 Å². The Morgan fingerprint density at radius 1 is 0.893 bits per heavy atom. The Kier molecular flexibility index (Phi) is 6.27. The van der Waals surface area contributed by atoms with Gasteiger partial charge in [-0.25, -0.2) is 0 Å². The van der Waals surface area contributed by atoms with E-state index in [4.69, 9.17) is 4.74 Å². The molecule has 144 valence electrons. The zero-order chi connectivity index (χ0) is 19.9. The van der Waals surface area contributed by atoms with E-state index in [-0.39, 0.29) is 24.3 Å². The smallest absolute Gasteiger partial charge is 0.258 e. The number of carbonyl (C=O) groups excluding carboxylic acids is 2. The van der Waals surface area contributed by atoms with Crippen molar-refractivity contribution in [2.75, 3.05) is 11.9 Å². The van der Waals surface area contributed by atoms with Crippen LogP contribution in [0.5, 0.6) is 5.75 Å². The minimum Gasteiger partial charge on any atom is -0.484 e. The monoisotopic (exact) mass is 376 g/mol. The molecular formula is C23H24N2O3. The molecule has 2 amide bonds. The van der Waals surface area contributed by atoms with Gasteiger partial charge in [0.15, 0.2) is 6.61 Å². The second kappa shape index (κ2) is 9.04. The highest BCUT2D eigenvalue weighted by atomic mass is 16.5. The van der Waals surface area contributed by atoms with Crippen LogP contribution in [0.3, 0.4) is 0 Å². The third kappa shape index (κ3) is 5.10. The molecule has 0 aromatic heterocycles.